The summed E-state index contributed by atoms with van der Waals surface area (Å²) in [7, 11) is 0. The second-order valence-electron chi connectivity index (χ2n) is 13.5. The SMILES string of the molecule is Cc1ccc(OCC=Cc2ccc(CN3CCN(C(=O)C=Cc4cc(C)c(Oc5ccc(OCc6ccc(F)cc6)cn5)c(C)c4)CC3)cc2C)cc1. The van der Waals surface area contributed by atoms with Crippen molar-refractivity contribution in [2.45, 2.75) is 40.8 Å². The minimum Gasteiger partial charge on any atom is -0.490 e. The molecule has 1 saturated heterocycles. The van der Waals surface area contributed by atoms with Crippen molar-refractivity contribution in [1.29, 1.82) is 0 Å². The van der Waals surface area contributed by atoms with Gasteiger partial charge in [-0.3, -0.25) is 9.69 Å². The fourth-order valence-corrected chi connectivity index (χ4v) is 6.24. The Labute approximate surface area is 312 Å². The van der Waals surface area contributed by atoms with Crippen LogP contribution in [-0.2, 0) is 17.9 Å². The first-order valence-corrected chi connectivity index (χ1v) is 18.0. The van der Waals surface area contributed by atoms with Crippen molar-refractivity contribution in [2.24, 2.45) is 0 Å². The standard InChI is InChI=1S/C45H46FN3O4/c1-32-7-16-41(17-8-32)51-25-5-6-39-13-9-38(26-33(39)2)30-48-21-23-49(24-22-48)44(50)20-12-37-27-34(3)45(35(4)28-37)53-43-19-18-42(29-47-43)52-31-36-10-14-40(46)15-11-36/h5-20,26-29H,21-25,30-31H2,1-4H3. The Bertz CT molecular complexity index is 2030. The van der Waals surface area contributed by atoms with Crippen LogP contribution in [0.4, 0.5) is 4.39 Å². The fraction of sp³-hybridized carbons (Fsp3) is 0.244. The molecule has 2 heterocycles. The first-order chi connectivity index (χ1) is 25.7. The molecule has 0 radical (unpaired) electrons. The number of halogens is 1. The molecule has 272 valence electrons. The maximum atomic E-state index is 13.1. The summed E-state index contributed by atoms with van der Waals surface area (Å²) in [5.41, 5.74) is 8.59. The van der Waals surface area contributed by atoms with Gasteiger partial charge in [-0.25, -0.2) is 9.37 Å². The van der Waals surface area contributed by atoms with E-state index >= 15 is 0 Å². The molecule has 6 rings (SSSR count). The van der Waals surface area contributed by atoms with Crippen molar-refractivity contribution in [3.63, 3.8) is 0 Å². The van der Waals surface area contributed by atoms with Crippen molar-refractivity contribution in [1.82, 2.24) is 14.8 Å². The number of benzene rings is 4. The van der Waals surface area contributed by atoms with Gasteiger partial charge in [0.25, 0.3) is 0 Å². The Morgan fingerprint density at radius 3 is 2.13 bits per heavy atom. The van der Waals surface area contributed by atoms with Gasteiger partial charge in [-0.15, -0.1) is 0 Å². The van der Waals surface area contributed by atoms with E-state index in [9.17, 15) is 9.18 Å². The van der Waals surface area contributed by atoms with Crippen LogP contribution in [0, 0.1) is 33.5 Å². The molecule has 1 aromatic heterocycles. The van der Waals surface area contributed by atoms with E-state index in [1.54, 1.807) is 36.5 Å². The predicted molar refractivity (Wildman–Crippen MR) is 209 cm³/mol. The van der Waals surface area contributed by atoms with Crippen LogP contribution in [0.2, 0.25) is 0 Å². The number of aromatic nitrogens is 1. The van der Waals surface area contributed by atoms with Crippen LogP contribution in [0.5, 0.6) is 23.1 Å². The highest BCUT2D eigenvalue weighted by molar-refractivity contribution is 5.92. The quantitative estimate of drug-likeness (QED) is 0.114. The number of aryl methyl sites for hydroxylation is 4. The normalized spacial score (nSPS) is 13.5. The number of piperazine rings is 1. The number of carbonyl (C=O) groups is 1. The van der Waals surface area contributed by atoms with Crippen molar-refractivity contribution in [2.75, 3.05) is 32.8 Å². The second-order valence-corrected chi connectivity index (χ2v) is 13.5. The molecule has 1 aliphatic heterocycles. The summed E-state index contributed by atoms with van der Waals surface area (Å²) in [5, 5.41) is 0. The molecule has 0 N–H and O–H groups in total. The smallest absolute Gasteiger partial charge is 0.246 e. The topological polar surface area (TPSA) is 64.1 Å². The third kappa shape index (κ3) is 10.7. The fourth-order valence-electron chi connectivity index (χ4n) is 6.24. The summed E-state index contributed by atoms with van der Waals surface area (Å²) in [5.74, 6) is 2.38. The zero-order valence-electron chi connectivity index (χ0n) is 30.8. The molecular weight excluding hydrogens is 666 g/mol. The summed E-state index contributed by atoms with van der Waals surface area (Å²) in [4.78, 5) is 21.8. The van der Waals surface area contributed by atoms with Gasteiger partial charge in [0.15, 0.2) is 0 Å². The lowest BCUT2D eigenvalue weighted by Crippen LogP contribution is -2.47. The summed E-state index contributed by atoms with van der Waals surface area (Å²) in [6, 6.07) is 28.5. The molecule has 8 heteroatoms. The zero-order valence-corrected chi connectivity index (χ0v) is 30.8. The minimum atomic E-state index is -0.278. The lowest BCUT2D eigenvalue weighted by molar-refractivity contribution is -0.127. The van der Waals surface area contributed by atoms with Gasteiger partial charge >= 0.3 is 0 Å². The number of amides is 1. The summed E-state index contributed by atoms with van der Waals surface area (Å²) < 4.78 is 30.9. The molecule has 5 aromatic rings. The highest BCUT2D eigenvalue weighted by Crippen LogP contribution is 2.30. The average Bonchev–Trinajstić information content (AvgIpc) is 3.16. The van der Waals surface area contributed by atoms with Crippen LogP contribution in [-0.4, -0.2) is 53.5 Å². The van der Waals surface area contributed by atoms with Gasteiger partial charge in [0.1, 0.15) is 36.3 Å². The number of nitrogens with zero attached hydrogens (tertiary/aromatic N) is 3. The van der Waals surface area contributed by atoms with E-state index in [-0.39, 0.29) is 11.7 Å². The monoisotopic (exact) mass is 711 g/mol. The van der Waals surface area contributed by atoms with Crippen molar-refractivity contribution >= 4 is 18.1 Å². The Morgan fingerprint density at radius 2 is 1.45 bits per heavy atom. The van der Waals surface area contributed by atoms with Gasteiger partial charge in [-0.2, -0.15) is 0 Å². The largest absolute Gasteiger partial charge is 0.490 e. The highest BCUT2D eigenvalue weighted by atomic mass is 19.1. The van der Waals surface area contributed by atoms with Gasteiger partial charge < -0.3 is 19.1 Å². The van der Waals surface area contributed by atoms with Crippen molar-refractivity contribution in [3.8, 4) is 23.1 Å². The number of pyridine rings is 1. The number of hydrogen-bond acceptors (Lipinski definition) is 6. The first-order valence-electron chi connectivity index (χ1n) is 18.0. The molecule has 1 amide bonds. The molecule has 1 aliphatic rings. The third-order valence-electron chi connectivity index (χ3n) is 9.22. The molecule has 0 saturated carbocycles. The molecule has 7 nitrogen and oxygen atoms in total. The molecule has 1 fully saturated rings. The van der Waals surface area contributed by atoms with Crippen molar-refractivity contribution in [3.05, 3.63) is 160 Å². The second kappa shape index (κ2) is 17.7. The van der Waals surface area contributed by atoms with Crippen LogP contribution in [0.15, 0.2) is 109 Å². The highest BCUT2D eigenvalue weighted by Gasteiger charge is 2.20. The molecule has 0 aliphatic carbocycles. The van der Waals surface area contributed by atoms with E-state index in [0.717, 1.165) is 53.4 Å². The molecule has 0 unspecified atom stereocenters. The Balaban J connectivity index is 0.944. The minimum absolute atomic E-state index is 0.0181. The van der Waals surface area contributed by atoms with Gasteiger partial charge in [0.05, 0.1) is 6.20 Å². The number of ether oxygens (including phenoxy) is 3. The molecular formula is C45H46FN3O4. The van der Waals surface area contributed by atoms with Crippen molar-refractivity contribution < 1.29 is 23.4 Å². The van der Waals surface area contributed by atoms with Crippen LogP contribution in [0.25, 0.3) is 12.2 Å². The van der Waals surface area contributed by atoms with E-state index in [1.807, 2.05) is 49.1 Å². The zero-order chi connectivity index (χ0) is 37.2. The lowest BCUT2D eigenvalue weighted by atomic mass is 10.0. The van der Waals surface area contributed by atoms with Gasteiger partial charge in [-0.05, 0) is 121 Å². The summed E-state index contributed by atoms with van der Waals surface area (Å²) in [6.45, 7) is 12.9. The van der Waals surface area contributed by atoms with E-state index < -0.39 is 0 Å². The first kappa shape index (κ1) is 37.0. The van der Waals surface area contributed by atoms with Gasteiger partial charge in [0.2, 0.25) is 11.8 Å². The maximum Gasteiger partial charge on any atom is 0.246 e. The van der Waals surface area contributed by atoms with Crippen LogP contribution < -0.4 is 14.2 Å². The summed E-state index contributed by atoms with van der Waals surface area (Å²) >= 11 is 0. The van der Waals surface area contributed by atoms with Gasteiger partial charge in [0, 0.05) is 44.9 Å². The predicted octanol–water partition coefficient (Wildman–Crippen LogP) is 9.28. The molecule has 0 bridgehead atoms. The number of carbonyl (C=O) groups excluding carboxylic acids is 1. The molecule has 0 spiro atoms. The Hall–Kier alpha value is -5.73. The Morgan fingerprint density at radius 1 is 0.755 bits per heavy atom. The van der Waals surface area contributed by atoms with E-state index in [2.05, 4.69) is 66.2 Å². The lowest BCUT2D eigenvalue weighted by Gasteiger charge is -2.34. The third-order valence-corrected chi connectivity index (χ3v) is 9.22. The van der Waals surface area contributed by atoms with Crippen LogP contribution >= 0.6 is 0 Å². The van der Waals surface area contributed by atoms with Crippen LogP contribution in [0.3, 0.4) is 0 Å². The number of hydrogen-bond donors (Lipinski definition) is 0. The van der Waals surface area contributed by atoms with E-state index in [1.165, 1.54) is 34.4 Å². The summed E-state index contributed by atoms with van der Waals surface area (Å²) in [6.07, 6.45) is 9.31. The Kier molecular flexibility index (Phi) is 12.3. The van der Waals surface area contributed by atoms with E-state index in [0.29, 0.717) is 37.9 Å². The van der Waals surface area contributed by atoms with Gasteiger partial charge in [-0.1, -0.05) is 54.1 Å². The number of rotatable bonds is 13. The molecule has 53 heavy (non-hydrogen) atoms. The average molecular weight is 712 g/mol. The molecule has 0 atom stereocenters. The molecule has 4 aromatic carbocycles. The maximum absolute atomic E-state index is 13.1. The van der Waals surface area contributed by atoms with E-state index in [4.69, 9.17) is 14.2 Å². The van der Waals surface area contributed by atoms with Crippen LogP contribution in [0.1, 0.15) is 44.5 Å².